The zero-order chi connectivity index (χ0) is 14.4. The van der Waals surface area contributed by atoms with Crippen molar-refractivity contribution in [3.63, 3.8) is 0 Å². The van der Waals surface area contributed by atoms with Gasteiger partial charge in [-0.15, -0.1) is 0 Å². The third-order valence-corrected chi connectivity index (χ3v) is 5.37. The van der Waals surface area contributed by atoms with E-state index in [0.717, 1.165) is 11.5 Å². The Morgan fingerprint density at radius 3 is 2.53 bits per heavy atom. The number of aryl methyl sites for hydroxylation is 1. The number of rotatable bonds is 2. The number of nitrogens with zero attached hydrogens (tertiary/aromatic N) is 3. The highest BCUT2D eigenvalue weighted by molar-refractivity contribution is 7.91. The number of nitrogens with two attached hydrogens (primary N) is 1. The minimum Gasteiger partial charge on any atom is -0.394 e. The van der Waals surface area contributed by atoms with E-state index in [-0.39, 0.29) is 23.5 Å². The number of hydrogen-bond donors (Lipinski definition) is 1. The molecule has 19 heavy (non-hydrogen) atoms. The SMILES string of the molecule is CC(C)c1nn(C)c(N2CCS(=O)(=O)CC2C)c1N. The Hall–Kier alpha value is -1.24. The van der Waals surface area contributed by atoms with Crippen LogP contribution >= 0.6 is 0 Å². The van der Waals surface area contributed by atoms with Crippen LogP contribution in [0.1, 0.15) is 32.4 Å². The molecule has 1 atom stereocenters. The molecule has 0 aliphatic carbocycles. The lowest BCUT2D eigenvalue weighted by atomic mass is 10.1. The summed E-state index contributed by atoms with van der Waals surface area (Å²) < 4.78 is 25.0. The van der Waals surface area contributed by atoms with Crippen molar-refractivity contribution in [3.05, 3.63) is 5.69 Å². The molecule has 108 valence electrons. The molecule has 1 saturated heterocycles. The normalized spacial score (nSPS) is 23.0. The Morgan fingerprint density at radius 2 is 2.05 bits per heavy atom. The molecule has 1 aromatic rings. The molecule has 7 heteroatoms. The molecule has 0 spiro atoms. The minimum absolute atomic E-state index is 0.0727. The summed E-state index contributed by atoms with van der Waals surface area (Å²) >= 11 is 0. The predicted octanol–water partition coefficient (Wildman–Crippen LogP) is 0.749. The summed E-state index contributed by atoms with van der Waals surface area (Å²) in [5, 5.41) is 4.46. The second-order valence-electron chi connectivity index (χ2n) is 5.56. The van der Waals surface area contributed by atoms with Crippen LogP contribution in [0.15, 0.2) is 0 Å². The van der Waals surface area contributed by atoms with Crippen molar-refractivity contribution in [3.8, 4) is 0 Å². The summed E-state index contributed by atoms with van der Waals surface area (Å²) in [6, 6.07) is -0.0727. The summed E-state index contributed by atoms with van der Waals surface area (Å²) in [5.74, 6) is 1.45. The molecule has 2 N–H and O–H groups in total. The summed E-state index contributed by atoms with van der Waals surface area (Å²) in [7, 11) is -1.07. The van der Waals surface area contributed by atoms with Gasteiger partial charge in [-0.3, -0.25) is 4.68 Å². The molecule has 0 saturated carbocycles. The van der Waals surface area contributed by atoms with Crippen LogP contribution in [0.5, 0.6) is 0 Å². The van der Waals surface area contributed by atoms with Crippen molar-refractivity contribution in [2.75, 3.05) is 28.7 Å². The molecule has 6 nitrogen and oxygen atoms in total. The zero-order valence-corrected chi connectivity index (χ0v) is 12.7. The standard InChI is InChI=1S/C12H22N4O2S/c1-8(2)11-10(13)12(15(4)14-11)16-5-6-19(17,18)7-9(16)3/h8-9H,5-7,13H2,1-4H3. The Kier molecular flexibility index (Phi) is 3.51. The molecule has 0 radical (unpaired) electrons. The number of hydrogen-bond acceptors (Lipinski definition) is 5. The van der Waals surface area contributed by atoms with Gasteiger partial charge in [0, 0.05) is 19.6 Å². The van der Waals surface area contributed by atoms with E-state index in [1.807, 2.05) is 27.8 Å². The van der Waals surface area contributed by atoms with E-state index in [1.165, 1.54) is 0 Å². The van der Waals surface area contributed by atoms with E-state index < -0.39 is 9.84 Å². The van der Waals surface area contributed by atoms with Gasteiger partial charge < -0.3 is 10.6 Å². The van der Waals surface area contributed by atoms with Crippen molar-refractivity contribution in [2.24, 2.45) is 7.05 Å². The lowest BCUT2D eigenvalue weighted by Crippen LogP contribution is -2.48. The van der Waals surface area contributed by atoms with Gasteiger partial charge in [-0.1, -0.05) is 13.8 Å². The van der Waals surface area contributed by atoms with Crippen LogP contribution in [-0.4, -0.2) is 42.3 Å². The summed E-state index contributed by atoms with van der Waals surface area (Å²) in [5.41, 5.74) is 7.73. The maximum atomic E-state index is 11.6. The van der Waals surface area contributed by atoms with E-state index in [0.29, 0.717) is 12.2 Å². The molecule has 0 aromatic carbocycles. The first-order valence-electron chi connectivity index (χ1n) is 6.52. The Labute approximate surface area is 114 Å². The molecule has 0 bridgehead atoms. The summed E-state index contributed by atoms with van der Waals surface area (Å²) in [6.07, 6.45) is 0. The third kappa shape index (κ3) is 2.56. The number of sulfone groups is 1. The van der Waals surface area contributed by atoms with Crippen LogP contribution in [0.4, 0.5) is 11.5 Å². The van der Waals surface area contributed by atoms with Gasteiger partial charge in [0.25, 0.3) is 0 Å². The van der Waals surface area contributed by atoms with Crippen molar-refractivity contribution >= 4 is 21.3 Å². The van der Waals surface area contributed by atoms with Gasteiger partial charge in [-0.25, -0.2) is 8.42 Å². The van der Waals surface area contributed by atoms with E-state index >= 15 is 0 Å². The predicted molar refractivity (Wildman–Crippen MR) is 77.2 cm³/mol. The lowest BCUT2D eigenvalue weighted by Gasteiger charge is -2.35. The molecule has 1 fully saturated rings. The molecule has 1 aromatic heterocycles. The quantitative estimate of drug-likeness (QED) is 0.867. The van der Waals surface area contributed by atoms with Crippen LogP contribution in [-0.2, 0) is 16.9 Å². The van der Waals surface area contributed by atoms with Crippen molar-refractivity contribution < 1.29 is 8.42 Å². The average molecular weight is 286 g/mol. The first kappa shape index (κ1) is 14.2. The van der Waals surface area contributed by atoms with Gasteiger partial charge in [-0.2, -0.15) is 5.10 Å². The third-order valence-electron chi connectivity index (χ3n) is 3.57. The monoisotopic (exact) mass is 286 g/mol. The second-order valence-corrected chi connectivity index (χ2v) is 7.79. The molecule has 2 heterocycles. The van der Waals surface area contributed by atoms with Gasteiger partial charge in [0.05, 0.1) is 22.9 Å². The van der Waals surface area contributed by atoms with E-state index in [4.69, 9.17) is 5.73 Å². The number of aromatic nitrogens is 2. The average Bonchev–Trinajstić information content (AvgIpc) is 2.55. The zero-order valence-electron chi connectivity index (χ0n) is 11.9. The van der Waals surface area contributed by atoms with E-state index in [9.17, 15) is 8.42 Å². The highest BCUT2D eigenvalue weighted by Crippen LogP contribution is 2.32. The highest BCUT2D eigenvalue weighted by Gasteiger charge is 2.32. The molecule has 1 unspecified atom stereocenters. The second kappa shape index (κ2) is 4.70. The smallest absolute Gasteiger partial charge is 0.154 e. The topological polar surface area (TPSA) is 81.2 Å². The van der Waals surface area contributed by atoms with Gasteiger partial charge in [-0.05, 0) is 12.8 Å². The summed E-state index contributed by atoms with van der Waals surface area (Å²) in [6.45, 7) is 6.49. The van der Waals surface area contributed by atoms with Crippen LogP contribution in [0.25, 0.3) is 0 Å². The minimum atomic E-state index is -2.92. The largest absolute Gasteiger partial charge is 0.394 e. The maximum absolute atomic E-state index is 11.6. The number of anilines is 2. The van der Waals surface area contributed by atoms with Crippen molar-refractivity contribution in [1.29, 1.82) is 0 Å². The molecule has 1 aliphatic rings. The van der Waals surface area contributed by atoms with E-state index in [1.54, 1.807) is 4.68 Å². The van der Waals surface area contributed by atoms with Gasteiger partial charge in [0.1, 0.15) is 0 Å². The Balaban J connectivity index is 2.38. The van der Waals surface area contributed by atoms with Crippen molar-refractivity contribution in [2.45, 2.75) is 32.7 Å². The van der Waals surface area contributed by atoms with Gasteiger partial charge in [0.15, 0.2) is 15.7 Å². The lowest BCUT2D eigenvalue weighted by molar-refractivity contribution is 0.561. The van der Waals surface area contributed by atoms with Gasteiger partial charge in [0.2, 0.25) is 0 Å². The van der Waals surface area contributed by atoms with Crippen LogP contribution in [0, 0.1) is 0 Å². The first-order chi connectivity index (χ1) is 8.73. The van der Waals surface area contributed by atoms with Crippen molar-refractivity contribution in [1.82, 2.24) is 9.78 Å². The summed E-state index contributed by atoms with van der Waals surface area (Å²) in [4.78, 5) is 2.05. The van der Waals surface area contributed by atoms with E-state index in [2.05, 4.69) is 10.00 Å². The fourth-order valence-corrected chi connectivity index (χ4v) is 4.19. The maximum Gasteiger partial charge on any atom is 0.154 e. The first-order valence-corrected chi connectivity index (χ1v) is 8.34. The molecule has 0 amide bonds. The Morgan fingerprint density at radius 1 is 1.42 bits per heavy atom. The molecular formula is C12H22N4O2S. The van der Waals surface area contributed by atoms with Crippen LogP contribution in [0.3, 0.4) is 0 Å². The highest BCUT2D eigenvalue weighted by atomic mass is 32.2. The number of nitrogen functional groups attached to an aromatic ring is 1. The van der Waals surface area contributed by atoms with Crippen LogP contribution in [0.2, 0.25) is 0 Å². The van der Waals surface area contributed by atoms with Gasteiger partial charge >= 0.3 is 0 Å². The molecular weight excluding hydrogens is 264 g/mol. The van der Waals surface area contributed by atoms with Crippen LogP contribution < -0.4 is 10.6 Å². The molecule has 1 aliphatic heterocycles. The fraction of sp³-hybridized carbons (Fsp3) is 0.750. The molecule has 2 rings (SSSR count). The fourth-order valence-electron chi connectivity index (χ4n) is 2.63. The Bertz CT molecular complexity index is 577.